The number of likely N-dealkylation sites (tertiary alicyclic amines) is 1. The minimum Gasteiger partial charge on any atom is -0.504 e. The fourth-order valence-corrected chi connectivity index (χ4v) is 2.95. The molecule has 4 heteroatoms. The summed E-state index contributed by atoms with van der Waals surface area (Å²) in [5.41, 5.74) is 6.82. The number of aromatic hydroxyl groups is 1. The monoisotopic (exact) mass is 264 g/mol. The van der Waals surface area contributed by atoms with Gasteiger partial charge in [0.25, 0.3) is 0 Å². The average Bonchev–Trinajstić information content (AvgIpc) is 2.41. The molecule has 0 aliphatic carbocycles. The standard InChI is InChI=1S/C15H24N2O2/c1-11-5-4-8-17(10-11)13(9-16)12-6-3-7-14(19-2)15(12)18/h3,6-7,11,13,18H,4-5,8-10,16H2,1-2H3. The topological polar surface area (TPSA) is 58.7 Å². The fraction of sp³-hybridized carbons (Fsp3) is 0.600. The molecule has 1 aromatic carbocycles. The third-order valence-electron chi connectivity index (χ3n) is 3.96. The van der Waals surface area contributed by atoms with Gasteiger partial charge in [0.2, 0.25) is 0 Å². The van der Waals surface area contributed by atoms with Crippen LogP contribution in [0.5, 0.6) is 11.5 Å². The van der Waals surface area contributed by atoms with E-state index in [1.54, 1.807) is 13.2 Å². The van der Waals surface area contributed by atoms with Crippen molar-refractivity contribution in [1.82, 2.24) is 4.90 Å². The molecule has 0 amide bonds. The summed E-state index contributed by atoms with van der Waals surface area (Å²) in [6.07, 6.45) is 2.47. The molecular weight excluding hydrogens is 240 g/mol. The van der Waals surface area contributed by atoms with Gasteiger partial charge in [0.15, 0.2) is 11.5 Å². The number of nitrogens with two attached hydrogens (primary N) is 1. The summed E-state index contributed by atoms with van der Waals surface area (Å²) in [7, 11) is 1.57. The zero-order valence-electron chi connectivity index (χ0n) is 11.8. The lowest BCUT2D eigenvalue weighted by Gasteiger charge is -2.37. The van der Waals surface area contributed by atoms with E-state index in [4.69, 9.17) is 10.5 Å². The molecule has 0 bridgehead atoms. The molecular formula is C15H24N2O2. The van der Waals surface area contributed by atoms with Gasteiger partial charge in [-0.05, 0) is 31.4 Å². The van der Waals surface area contributed by atoms with Gasteiger partial charge in [0.1, 0.15) is 0 Å². The molecule has 2 rings (SSSR count). The number of hydrogen-bond acceptors (Lipinski definition) is 4. The molecule has 0 saturated carbocycles. The average molecular weight is 264 g/mol. The van der Waals surface area contributed by atoms with Gasteiger partial charge in [0, 0.05) is 18.7 Å². The molecule has 0 aromatic heterocycles. The van der Waals surface area contributed by atoms with E-state index in [-0.39, 0.29) is 11.8 Å². The predicted octanol–water partition coefficient (Wildman–Crippen LogP) is 2.13. The second kappa shape index (κ2) is 6.26. The van der Waals surface area contributed by atoms with Crippen molar-refractivity contribution in [2.75, 3.05) is 26.7 Å². The van der Waals surface area contributed by atoms with Gasteiger partial charge in [0.05, 0.1) is 13.2 Å². The number of phenolic OH excluding ortho intramolecular Hbond substituents is 1. The van der Waals surface area contributed by atoms with Gasteiger partial charge in [-0.2, -0.15) is 0 Å². The molecule has 0 spiro atoms. The van der Waals surface area contributed by atoms with E-state index in [9.17, 15) is 5.11 Å². The molecule has 1 aromatic rings. The molecule has 106 valence electrons. The molecule has 19 heavy (non-hydrogen) atoms. The second-order valence-corrected chi connectivity index (χ2v) is 5.39. The summed E-state index contributed by atoms with van der Waals surface area (Å²) in [6, 6.07) is 5.68. The summed E-state index contributed by atoms with van der Waals surface area (Å²) < 4.78 is 5.18. The number of benzene rings is 1. The second-order valence-electron chi connectivity index (χ2n) is 5.39. The SMILES string of the molecule is COc1cccc(C(CN)N2CCCC(C)C2)c1O. The van der Waals surface area contributed by atoms with Crippen LogP contribution in [0.3, 0.4) is 0 Å². The lowest BCUT2D eigenvalue weighted by molar-refractivity contribution is 0.131. The van der Waals surface area contributed by atoms with Gasteiger partial charge in [-0.15, -0.1) is 0 Å². The van der Waals surface area contributed by atoms with Crippen molar-refractivity contribution >= 4 is 0 Å². The van der Waals surface area contributed by atoms with Gasteiger partial charge in [-0.25, -0.2) is 0 Å². The Balaban J connectivity index is 2.26. The molecule has 1 fully saturated rings. The molecule has 1 aliphatic heterocycles. The molecule has 1 saturated heterocycles. The summed E-state index contributed by atoms with van der Waals surface area (Å²) in [4.78, 5) is 2.38. The number of ether oxygens (including phenoxy) is 1. The zero-order chi connectivity index (χ0) is 13.8. The summed E-state index contributed by atoms with van der Waals surface area (Å²) in [6.45, 7) is 4.86. The zero-order valence-corrected chi connectivity index (χ0v) is 11.8. The van der Waals surface area contributed by atoms with Crippen LogP contribution in [-0.4, -0.2) is 36.8 Å². The highest BCUT2D eigenvalue weighted by Gasteiger charge is 2.26. The van der Waals surface area contributed by atoms with Gasteiger partial charge in [-0.3, -0.25) is 4.90 Å². The van der Waals surface area contributed by atoms with Crippen molar-refractivity contribution < 1.29 is 9.84 Å². The van der Waals surface area contributed by atoms with Gasteiger partial charge >= 0.3 is 0 Å². The fourth-order valence-electron chi connectivity index (χ4n) is 2.95. The van der Waals surface area contributed by atoms with Gasteiger partial charge < -0.3 is 15.6 Å². The maximum atomic E-state index is 10.3. The number of rotatable bonds is 4. The number of piperidine rings is 1. The normalized spacial score (nSPS) is 22.2. The van der Waals surface area contributed by atoms with Crippen molar-refractivity contribution in [3.63, 3.8) is 0 Å². The quantitative estimate of drug-likeness (QED) is 0.874. The van der Waals surface area contributed by atoms with Crippen LogP contribution in [0.4, 0.5) is 0 Å². The van der Waals surface area contributed by atoms with Crippen molar-refractivity contribution in [3.05, 3.63) is 23.8 Å². The van der Waals surface area contributed by atoms with Crippen LogP contribution in [0.25, 0.3) is 0 Å². The predicted molar refractivity (Wildman–Crippen MR) is 76.4 cm³/mol. The lowest BCUT2D eigenvalue weighted by atomic mass is 9.95. The summed E-state index contributed by atoms with van der Waals surface area (Å²) >= 11 is 0. The maximum Gasteiger partial charge on any atom is 0.162 e. The van der Waals surface area contributed by atoms with Crippen LogP contribution in [0.15, 0.2) is 18.2 Å². The van der Waals surface area contributed by atoms with Crippen molar-refractivity contribution in [2.24, 2.45) is 11.7 Å². The highest BCUT2D eigenvalue weighted by Crippen LogP contribution is 2.36. The van der Waals surface area contributed by atoms with Gasteiger partial charge in [-0.1, -0.05) is 19.1 Å². The van der Waals surface area contributed by atoms with E-state index in [2.05, 4.69) is 11.8 Å². The molecule has 2 atom stereocenters. The van der Waals surface area contributed by atoms with Crippen LogP contribution in [0.2, 0.25) is 0 Å². The number of para-hydroxylation sites is 1. The van der Waals surface area contributed by atoms with Crippen LogP contribution in [0.1, 0.15) is 31.4 Å². The van der Waals surface area contributed by atoms with E-state index in [1.807, 2.05) is 12.1 Å². The van der Waals surface area contributed by atoms with Crippen LogP contribution >= 0.6 is 0 Å². The first-order valence-electron chi connectivity index (χ1n) is 6.97. The molecule has 4 nitrogen and oxygen atoms in total. The van der Waals surface area contributed by atoms with E-state index in [0.29, 0.717) is 18.2 Å². The Morgan fingerprint density at radius 3 is 2.95 bits per heavy atom. The Kier molecular flexibility index (Phi) is 4.66. The van der Waals surface area contributed by atoms with Crippen molar-refractivity contribution in [3.8, 4) is 11.5 Å². The van der Waals surface area contributed by atoms with Crippen LogP contribution < -0.4 is 10.5 Å². The minimum absolute atomic E-state index is 0.0675. The Morgan fingerprint density at radius 1 is 1.53 bits per heavy atom. The number of phenols is 1. The van der Waals surface area contributed by atoms with E-state index in [1.165, 1.54) is 12.8 Å². The highest BCUT2D eigenvalue weighted by molar-refractivity contribution is 5.47. The summed E-state index contributed by atoms with van der Waals surface area (Å²) in [5, 5.41) is 10.3. The van der Waals surface area contributed by atoms with Crippen LogP contribution in [0, 0.1) is 5.92 Å². The first kappa shape index (κ1) is 14.2. The Labute approximate surface area is 115 Å². The van der Waals surface area contributed by atoms with E-state index < -0.39 is 0 Å². The third-order valence-corrected chi connectivity index (χ3v) is 3.96. The van der Waals surface area contributed by atoms with Crippen LogP contribution in [-0.2, 0) is 0 Å². The first-order chi connectivity index (χ1) is 9.17. The van der Waals surface area contributed by atoms with Crippen molar-refractivity contribution in [1.29, 1.82) is 0 Å². The highest BCUT2D eigenvalue weighted by atomic mass is 16.5. The van der Waals surface area contributed by atoms with Crippen molar-refractivity contribution in [2.45, 2.75) is 25.8 Å². The molecule has 3 N–H and O–H groups in total. The number of methoxy groups -OCH3 is 1. The molecule has 1 heterocycles. The Morgan fingerprint density at radius 2 is 2.32 bits per heavy atom. The smallest absolute Gasteiger partial charge is 0.162 e. The Bertz CT molecular complexity index is 423. The summed E-state index contributed by atoms with van der Waals surface area (Å²) in [5.74, 6) is 1.43. The maximum absolute atomic E-state index is 10.3. The first-order valence-corrected chi connectivity index (χ1v) is 6.97. The number of hydrogen-bond donors (Lipinski definition) is 2. The number of nitrogens with zero attached hydrogens (tertiary/aromatic N) is 1. The lowest BCUT2D eigenvalue weighted by Crippen LogP contribution is -2.40. The minimum atomic E-state index is 0.0675. The van der Waals surface area contributed by atoms with E-state index >= 15 is 0 Å². The molecule has 1 aliphatic rings. The third kappa shape index (κ3) is 3.01. The Hall–Kier alpha value is -1.26. The van der Waals surface area contributed by atoms with E-state index in [0.717, 1.165) is 18.7 Å². The molecule has 2 unspecified atom stereocenters. The molecule has 0 radical (unpaired) electrons. The largest absolute Gasteiger partial charge is 0.504 e.